The van der Waals surface area contributed by atoms with Crippen molar-refractivity contribution >= 4 is 11.9 Å². The second kappa shape index (κ2) is 10.4. The van der Waals surface area contributed by atoms with Gasteiger partial charge in [0.05, 0.1) is 6.61 Å². The lowest BCUT2D eigenvalue weighted by Gasteiger charge is -2.18. The van der Waals surface area contributed by atoms with Crippen LogP contribution in [0.15, 0.2) is 4.99 Å². The van der Waals surface area contributed by atoms with Crippen LogP contribution in [0.1, 0.15) is 39.5 Å². The van der Waals surface area contributed by atoms with Gasteiger partial charge in [-0.15, -0.1) is 0 Å². The van der Waals surface area contributed by atoms with Crippen LogP contribution in [0.3, 0.4) is 0 Å². The zero-order valence-electron chi connectivity index (χ0n) is 13.7. The number of likely N-dealkylation sites (tertiary alicyclic amines) is 1. The molecule has 0 saturated carbocycles. The molecule has 0 aliphatic carbocycles. The highest BCUT2D eigenvalue weighted by Crippen LogP contribution is 2.10. The zero-order valence-corrected chi connectivity index (χ0v) is 13.7. The molecule has 0 aromatic rings. The van der Waals surface area contributed by atoms with E-state index in [1.807, 2.05) is 11.8 Å². The third-order valence-electron chi connectivity index (χ3n) is 3.59. The first-order valence-electron chi connectivity index (χ1n) is 8.03. The minimum Gasteiger partial charge on any atom is -0.380 e. The highest BCUT2D eigenvalue weighted by Gasteiger charge is 2.25. The Balaban J connectivity index is 2.18. The Morgan fingerprint density at radius 2 is 2.19 bits per heavy atom. The second-order valence-corrected chi connectivity index (χ2v) is 5.29. The minimum absolute atomic E-state index is 0.228. The summed E-state index contributed by atoms with van der Waals surface area (Å²) in [5, 5.41) is 6.61. The van der Waals surface area contributed by atoms with Crippen LogP contribution in [-0.4, -0.2) is 62.7 Å². The molecule has 122 valence electrons. The minimum atomic E-state index is 0.228. The van der Waals surface area contributed by atoms with E-state index in [-0.39, 0.29) is 11.9 Å². The Hall–Kier alpha value is -1.30. The highest BCUT2D eigenvalue weighted by atomic mass is 16.5. The average Bonchev–Trinajstić information content (AvgIpc) is 2.97. The van der Waals surface area contributed by atoms with Gasteiger partial charge in [0.25, 0.3) is 0 Å². The third kappa shape index (κ3) is 6.80. The first-order valence-corrected chi connectivity index (χ1v) is 8.03. The van der Waals surface area contributed by atoms with E-state index in [1.165, 1.54) is 0 Å². The summed E-state index contributed by atoms with van der Waals surface area (Å²) in [5.74, 6) is 1.01. The number of hydrogen-bond donors (Lipinski definition) is 2. The highest BCUT2D eigenvalue weighted by molar-refractivity contribution is 5.80. The molecule has 1 rings (SSSR count). The van der Waals surface area contributed by atoms with E-state index in [1.54, 1.807) is 7.05 Å². The SMILES string of the molecule is CCCCOCCNC(=NC)NC1CCN(C(=O)CC)C1. The fraction of sp³-hybridized carbons (Fsp3) is 0.867. The van der Waals surface area contributed by atoms with Crippen molar-refractivity contribution < 1.29 is 9.53 Å². The Morgan fingerprint density at radius 3 is 2.86 bits per heavy atom. The number of nitrogens with zero attached hydrogens (tertiary/aromatic N) is 2. The van der Waals surface area contributed by atoms with Gasteiger partial charge in [-0.05, 0) is 12.8 Å². The van der Waals surface area contributed by atoms with Gasteiger partial charge >= 0.3 is 0 Å². The topological polar surface area (TPSA) is 66.0 Å². The van der Waals surface area contributed by atoms with Crippen LogP contribution in [-0.2, 0) is 9.53 Å². The number of amides is 1. The first-order chi connectivity index (χ1) is 10.2. The maximum Gasteiger partial charge on any atom is 0.222 e. The van der Waals surface area contributed by atoms with Crippen LogP contribution < -0.4 is 10.6 Å². The monoisotopic (exact) mass is 298 g/mol. The molecule has 6 heteroatoms. The summed E-state index contributed by atoms with van der Waals surface area (Å²) in [6.45, 7) is 7.91. The number of aliphatic imine (C=N–C) groups is 1. The fourth-order valence-electron chi connectivity index (χ4n) is 2.31. The lowest BCUT2D eigenvalue weighted by molar-refractivity contribution is -0.129. The lowest BCUT2D eigenvalue weighted by Crippen LogP contribution is -2.45. The number of hydrogen-bond acceptors (Lipinski definition) is 3. The molecule has 6 nitrogen and oxygen atoms in total. The van der Waals surface area contributed by atoms with E-state index in [0.29, 0.717) is 13.0 Å². The number of unbranched alkanes of at least 4 members (excludes halogenated alkanes) is 1. The van der Waals surface area contributed by atoms with Gasteiger partial charge in [-0.25, -0.2) is 0 Å². The lowest BCUT2D eigenvalue weighted by atomic mass is 10.3. The van der Waals surface area contributed by atoms with Crippen LogP contribution in [0.5, 0.6) is 0 Å². The van der Waals surface area contributed by atoms with Crippen molar-refractivity contribution in [3.63, 3.8) is 0 Å². The predicted molar refractivity (Wildman–Crippen MR) is 85.5 cm³/mol. The molecule has 1 amide bonds. The van der Waals surface area contributed by atoms with Gasteiger partial charge in [0.15, 0.2) is 5.96 Å². The van der Waals surface area contributed by atoms with Crippen LogP contribution >= 0.6 is 0 Å². The first kappa shape index (κ1) is 17.8. The van der Waals surface area contributed by atoms with E-state index in [0.717, 1.165) is 51.5 Å². The smallest absolute Gasteiger partial charge is 0.222 e. The van der Waals surface area contributed by atoms with Crippen molar-refractivity contribution in [1.82, 2.24) is 15.5 Å². The van der Waals surface area contributed by atoms with Gasteiger partial charge in [0, 0.05) is 45.8 Å². The number of guanidine groups is 1. The quantitative estimate of drug-likeness (QED) is 0.398. The number of carbonyl (C=O) groups excluding carboxylic acids is 1. The summed E-state index contributed by atoms with van der Waals surface area (Å²) in [7, 11) is 1.76. The van der Waals surface area contributed by atoms with Gasteiger partial charge in [-0.3, -0.25) is 9.79 Å². The normalized spacial score (nSPS) is 18.9. The molecule has 1 aliphatic rings. The van der Waals surface area contributed by atoms with Crippen LogP contribution in [0, 0.1) is 0 Å². The number of ether oxygens (including phenoxy) is 1. The summed E-state index contributed by atoms with van der Waals surface area (Å²) < 4.78 is 5.50. The summed E-state index contributed by atoms with van der Waals surface area (Å²) in [6, 6.07) is 0.285. The van der Waals surface area contributed by atoms with E-state index in [9.17, 15) is 4.79 Å². The van der Waals surface area contributed by atoms with E-state index >= 15 is 0 Å². The van der Waals surface area contributed by atoms with Gasteiger partial charge in [0.2, 0.25) is 5.91 Å². The molecule has 1 atom stereocenters. The third-order valence-corrected chi connectivity index (χ3v) is 3.59. The van der Waals surface area contributed by atoms with Crippen molar-refractivity contribution in [2.24, 2.45) is 4.99 Å². The Kier molecular flexibility index (Phi) is 8.82. The fourth-order valence-corrected chi connectivity index (χ4v) is 2.31. The van der Waals surface area contributed by atoms with Crippen molar-refractivity contribution in [3.05, 3.63) is 0 Å². The molecule has 0 aromatic heterocycles. The van der Waals surface area contributed by atoms with E-state index < -0.39 is 0 Å². The Labute approximate surface area is 128 Å². The van der Waals surface area contributed by atoms with Crippen LogP contribution in [0.25, 0.3) is 0 Å². The molecular formula is C15H30N4O2. The summed E-state index contributed by atoms with van der Waals surface area (Å²) in [4.78, 5) is 17.8. The molecule has 0 spiro atoms. The molecule has 1 aliphatic heterocycles. The van der Waals surface area contributed by atoms with Crippen molar-refractivity contribution in [2.75, 3.05) is 39.9 Å². The van der Waals surface area contributed by atoms with Crippen LogP contribution in [0.4, 0.5) is 0 Å². The van der Waals surface area contributed by atoms with Crippen LogP contribution in [0.2, 0.25) is 0 Å². The van der Waals surface area contributed by atoms with E-state index in [4.69, 9.17) is 4.74 Å². The molecule has 0 aromatic carbocycles. The van der Waals surface area contributed by atoms with Gasteiger partial charge in [-0.1, -0.05) is 20.3 Å². The van der Waals surface area contributed by atoms with Gasteiger partial charge in [-0.2, -0.15) is 0 Å². The molecule has 1 fully saturated rings. The molecule has 1 saturated heterocycles. The summed E-state index contributed by atoms with van der Waals surface area (Å²) in [6.07, 6.45) is 3.82. The Bertz CT molecular complexity index is 334. The number of rotatable bonds is 8. The maximum absolute atomic E-state index is 11.6. The predicted octanol–water partition coefficient (Wildman–Crippen LogP) is 0.979. The standard InChI is InChI=1S/C15H30N4O2/c1-4-6-10-21-11-8-17-15(16-3)18-13-7-9-19(12-13)14(20)5-2/h13H,4-12H2,1-3H3,(H2,16,17,18). The largest absolute Gasteiger partial charge is 0.380 e. The molecule has 0 bridgehead atoms. The van der Waals surface area contributed by atoms with Crippen molar-refractivity contribution in [3.8, 4) is 0 Å². The van der Waals surface area contributed by atoms with Crippen molar-refractivity contribution in [1.29, 1.82) is 0 Å². The molecular weight excluding hydrogens is 268 g/mol. The maximum atomic E-state index is 11.6. The van der Waals surface area contributed by atoms with Gasteiger partial charge in [0.1, 0.15) is 0 Å². The van der Waals surface area contributed by atoms with Gasteiger partial charge < -0.3 is 20.3 Å². The summed E-state index contributed by atoms with van der Waals surface area (Å²) in [5.41, 5.74) is 0. The molecule has 21 heavy (non-hydrogen) atoms. The molecule has 1 unspecified atom stereocenters. The zero-order chi connectivity index (χ0) is 15.5. The summed E-state index contributed by atoms with van der Waals surface area (Å²) >= 11 is 0. The van der Waals surface area contributed by atoms with E-state index in [2.05, 4.69) is 22.5 Å². The van der Waals surface area contributed by atoms with Crippen molar-refractivity contribution in [2.45, 2.75) is 45.6 Å². The second-order valence-electron chi connectivity index (χ2n) is 5.29. The number of nitrogens with one attached hydrogen (secondary N) is 2. The Morgan fingerprint density at radius 1 is 1.38 bits per heavy atom. The molecule has 0 radical (unpaired) electrons. The average molecular weight is 298 g/mol. The number of carbonyl (C=O) groups is 1. The molecule has 1 heterocycles. The molecule has 2 N–H and O–H groups in total.